The maximum atomic E-state index is 13.3. The van der Waals surface area contributed by atoms with Gasteiger partial charge in [-0.25, -0.2) is 9.37 Å². The normalized spacial score (nSPS) is 11.2. The van der Waals surface area contributed by atoms with Crippen LogP contribution in [0.3, 0.4) is 0 Å². The molecule has 0 radical (unpaired) electrons. The lowest BCUT2D eigenvalue weighted by molar-refractivity contribution is 0.626. The standard InChI is InChI=1S/C15H11BrClFN2/c16-11-9-10(18)5-6-13(11)20-14-4-2-1-3-12(14)19-15(20)7-8-17/h1-6,9H,7-8H2. The molecule has 0 amide bonds. The van der Waals surface area contributed by atoms with Gasteiger partial charge in [0.25, 0.3) is 0 Å². The van der Waals surface area contributed by atoms with Crippen molar-refractivity contribution >= 4 is 38.6 Å². The number of nitrogens with zero attached hydrogens (tertiary/aromatic N) is 2. The van der Waals surface area contributed by atoms with E-state index in [1.807, 2.05) is 28.8 Å². The Morgan fingerprint density at radius 2 is 2.00 bits per heavy atom. The van der Waals surface area contributed by atoms with Crippen LogP contribution in [0.2, 0.25) is 0 Å². The molecule has 3 rings (SSSR count). The summed E-state index contributed by atoms with van der Waals surface area (Å²) in [6.07, 6.45) is 0.653. The number of para-hydroxylation sites is 2. The Bertz CT molecular complexity index is 770. The molecule has 0 aliphatic heterocycles. The molecule has 0 saturated carbocycles. The number of hydrogen-bond acceptors (Lipinski definition) is 1. The minimum atomic E-state index is -0.274. The second-order valence-electron chi connectivity index (χ2n) is 4.39. The number of aryl methyl sites for hydroxylation is 1. The van der Waals surface area contributed by atoms with Crippen LogP contribution in [0, 0.1) is 5.82 Å². The summed E-state index contributed by atoms with van der Waals surface area (Å²) in [6, 6.07) is 12.5. The molecule has 5 heteroatoms. The number of imidazole rings is 1. The fourth-order valence-electron chi connectivity index (χ4n) is 2.26. The summed E-state index contributed by atoms with van der Waals surface area (Å²) >= 11 is 9.28. The molecule has 0 aliphatic carbocycles. The summed E-state index contributed by atoms with van der Waals surface area (Å²) in [4.78, 5) is 4.61. The average Bonchev–Trinajstić information content (AvgIpc) is 2.78. The summed E-state index contributed by atoms with van der Waals surface area (Å²) in [5.41, 5.74) is 2.75. The van der Waals surface area contributed by atoms with Crippen molar-refractivity contribution in [1.29, 1.82) is 0 Å². The predicted molar refractivity (Wildman–Crippen MR) is 83.2 cm³/mol. The van der Waals surface area contributed by atoms with E-state index in [0.29, 0.717) is 16.8 Å². The Morgan fingerprint density at radius 1 is 1.20 bits per heavy atom. The highest BCUT2D eigenvalue weighted by Gasteiger charge is 2.14. The topological polar surface area (TPSA) is 17.8 Å². The van der Waals surface area contributed by atoms with Crippen molar-refractivity contribution in [3.63, 3.8) is 0 Å². The number of alkyl halides is 1. The van der Waals surface area contributed by atoms with Crippen LogP contribution in [0.15, 0.2) is 46.9 Å². The van der Waals surface area contributed by atoms with E-state index in [4.69, 9.17) is 11.6 Å². The van der Waals surface area contributed by atoms with Crippen LogP contribution in [-0.2, 0) is 6.42 Å². The maximum absolute atomic E-state index is 13.3. The van der Waals surface area contributed by atoms with Crippen molar-refractivity contribution in [2.75, 3.05) is 5.88 Å². The lowest BCUT2D eigenvalue weighted by Gasteiger charge is -2.10. The van der Waals surface area contributed by atoms with Gasteiger partial charge in [-0.15, -0.1) is 11.6 Å². The van der Waals surface area contributed by atoms with Crippen LogP contribution in [0.25, 0.3) is 16.7 Å². The van der Waals surface area contributed by atoms with Gasteiger partial charge in [-0.2, -0.15) is 0 Å². The fraction of sp³-hybridized carbons (Fsp3) is 0.133. The summed E-state index contributed by atoms with van der Waals surface area (Å²) in [7, 11) is 0. The van der Waals surface area contributed by atoms with Gasteiger partial charge in [-0.1, -0.05) is 12.1 Å². The number of halogens is 3. The van der Waals surface area contributed by atoms with Crippen molar-refractivity contribution in [1.82, 2.24) is 9.55 Å². The zero-order valence-corrected chi connectivity index (χ0v) is 12.8. The molecule has 0 aliphatic rings. The second kappa shape index (κ2) is 5.54. The van der Waals surface area contributed by atoms with E-state index in [0.717, 1.165) is 22.5 Å². The fourth-order valence-corrected chi connectivity index (χ4v) is 2.96. The van der Waals surface area contributed by atoms with Crippen molar-refractivity contribution < 1.29 is 4.39 Å². The molecule has 1 aromatic heterocycles. The van der Waals surface area contributed by atoms with Gasteiger partial charge in [0, 0.05) is 16.8 Å². The number of hydrogen-bond donors (Lipinski definition) is 0. The number of aromatic nitrogens is 2. The van der Waals surface area contributed by atoms with Crippen LogP contribution in [0.1, 0.15) is 5.82 Å². The average molecular weight is 354 g/mol. The molecule has 0 bridgehead atoms. The molecule has 3 aromatic rings. The maximum Gasteiger partial charge on any atom is 0.124 e. The second-order valence-corrected chi connectivity index (χ2v) is 5.62. The van der Waals surface area contributed by atoms with Crippen molar-refractivity contribution in [2.45, 2.75) is 6.42 Å². The van der Waals surface area contributed by atoms with E-state index in [2.05, 4.69) is 20.9 Å². The zero-order valence-electron chi connectivity index (χ0n) is 10.5. The van der Waals surface area contributed by atoms with Crippen LogP contribution in [-0.4, -0.2) is 15.4 Å². The lowest BCUT2D eigenvalue weighted by Crippen LogP contribution is -2.03. The lowest BCUT2D eigenvalue weighted by atomic mass is 10.2. The smallest absolute Gasteiger partial charge is 0.124 e. The van der Waals surface area contributed by atoms with E-state index in [9.17, 15) is 4.39 Å². The van der Waals surface area contributed by atoms with Gasteiger partial charge in [0.05, 0.1) is 16.7 Å². The molecule has 0 fully saturated rings. The Labute approximate surface area is 129 Å². The molecule has 0 saturated heterocycles. The van der Waals surface area contributed by atoms with Gasteiger partial charge in [0.2, 0.25) is 0 Å². The molecule has 20 heavy (non-hydrogen) atoms. The first-order valence-corrected chi connectivity index (χ1v) is 7.51. The number of rotatable bonds is 3. The van der Waals surface area contributed by atoms with Gasteiger partial charge in [0.1, 0.15) is 11.6 Å². The highest BCUT2D eigenvalue weighted by atomic mass is 79.9. The summed E-state index contributed by atoms with van der Waals surface area (Å²) in [6.45, 7) is 0. The molecule has 0 atom stereocenters. The van der Waals surface area contributed by atoms with Gasteiger partial charge < -0.3 is 0 Å². The van der Waals surface area contributed by atoms with Crippen LogP contribution in [0.4, 0.5) is 4.39 Å². The highest BCUT2D eigenvalue weighted by Crippen LogP contribution is 2.28. The Hall–Kier alpha value is -1.39. The summed E-state index contributed by atoms with van der Waals surface area (Å²) < 4.78 is 16.0. The highest BCUT2D eigenvalue weighted by molar-refractivity contribution is 9.10. The van der Waals surface area contributed by atoms with Crippen molar-refractivity contribution in [3.05, 3.63) is 58.6 Å². The van der Waals surface area contributed by atoms with E-state index in [1.54, 1.807) is 6.07 Å². The third kappa shape index (κ3) is 2.34. The number of benzene rings is 2. The molecule has 2 nitrogen and oxygen atoms in total. The molecule has 102 valence electrons. The number of fused-ring (bicyclic) bond motifs is 1. The molecule has 0 N–H and O–H groups in total. The Kier molecular flexibility index (Phi) is 3.76. The van der Waals surface area contributed by atoms with Gasteiger partial charge >= 0.3 is 0 Å². The molecular formula is C15H11BrClFN2. The third-order valence-corrected chi connectivity index (χ3v) is 3.92. The van der Waals surface area contributed by atoms with Crippen LogP contribution >= 0.6 is 27.5 Å². The monoisotopic (exact) mass is 352 g/mol. The molecular weight excluding hydrogens is 343 g/mol. The minimum Gasteiger partial charge on any atom is -0.295 e. The molecule has 1 heterocycles. The summed E-state index contributed by atoms with van der Waals surface area (Å²) in [5.74, 6) is 1.08. The van der Waals surface area contributed by atoms with E-state index in [-0.39, 0.29) is 5.82 Å². The molecule has 0 spiro atoms. The van der Waals surface area contributed by atoms with Gasteiger partial charge in [-0.3, -0.25) is 4.57 Å². The first-order chi connectivity index (χ1) is 9.70. The van der Waals surface area contributed by atoms with E-state index < -0.39 is 0 Å². The first kappa shape index (κ1) is 13.6. The van der Waals surface area contributed by atoms with Gasteiger partial charge in [0.15, 0.2) is 0 Å². The van der Waals surface area contributed by atoms with Crippen LogP contribution in [0.5, 0.6) is 0 Å². The largest absolute Gasteiger partial charge is 0.295 e. The Morgan fingerprint density at radius 3 is 2.75 bits per heavy atom. The molecule has 2 aromatic carbocycles. The minimum absolute atomic E-state index is 0.274. The molecule has 0 unspecified atom stereocenters. The first-order valence-electron chi connectivity index (χ1n) is 6.18. The predicted octanol–water partition coefficient (Wildman–Crippen LogP) is 4.71. The van der Waals surface area contributed by atoms with Crippen molar-refractivity contribution in [2.24, 2.45) is 0 Å². The SMILES string of the molecule is Fc1ccc(-n2c(CCCl)nc3ccccc32)c(Br)c1. The van der Waals surface area contributed by atoms with Gasteiger partial charge in [-0.05, 0) is 46.3 Å². The Balaban J connectivity index is 2.30. The van der Waals surface area contributed by atoms with E-state index >= 15 is 0 Å². The quantitative estimate of drug-likeness (QED) is 0.624. The summed E-state index contributed by atoms with van der Waals surface area (Å²) in [5, 5.41) is 0. The van der Waals surface area contributed by atoms with E-state index in [1.165, 1.54) is 12.1 Å². The van der Waals surface area contributed by atoms with Crippen molar-refractivity contribution in [3.8, 4) is 5.69 Å². The van der Waals surface area contributed by atoms with Crippen LogP contribution < -0.4 is 0 Å². The third-order valence-electron chi connectivity index (χ3n) is 3.10. The zero-order chi connectivity index (χ0) is 14.1.